The van der Waals surface area contributed by atoms with E-state index in [0.717, 1.165) is 12.1 Å². The number of benzene rings is 3. The van der Waals surface area contributed by atoms with Crippen LogP contribution in [0.5, 0.6) is 5.75 Å². The molecule has 0 radical (unpaired) electrons. The van der Waals surface area contributed by atoms with Gasteiger partial charge in [-0.05, 0) is 47.5 Å². The smallest absolute Gasteiger partial charge is 0.259 e. The lowest BCUT2D eigenvalue weighted by molar-refractivity contribution is -0.135. The van der Waals surface area contributed by atoms with Gasteiger partial charge in [0.05, 0.1) is 17.8 Å². The highest BCUT2D eigenvalue weighted by atomic mass is 19.1. The molecule has 0 fully saturated rings. The summed E-state index contributed by atoms with van der Waals surface area (Å²) >= 11 is 0. The third-order valence-electron chi connectivity index (χ3n) is 6.36. The minimum absolute atomic E-state index is 0.00259. The third kappa shape index (κ3) is 6.20. The molecule has 0 unspecified atom stereocenters. The number of aromatic hydroxyl groups is 1. The number of nitrogens with zero attached hydrogens (tertiary/aromatic N) is 2. The van der Waals surface area contributed by atoms with E-state index >= 15 is 0 Å². The number of carbonyl (C=O) groups excluding carboxylic acids is 4. The van der Waals surface area contributed by atoms with E-state index in [1.807, 2.05) is 0 Å². The Bertz CT molecular complexity index is 1370. The standard InChI is InChI=1S/C28H26F2N4O5/c1-33-22-5-3-4-6-23(22)34(2)28(39)25(27(33)38)32-26(37)21(13-16-7-9-20(35)10-8-16)31-24(36)14-17-11-18(29)15-19(30)12-17/h3-12,15,21,25,35H,13-14H2,1-2H3,(H,31,36)(H,32,37)/t21-/m0/s1. The molecule has 39 heavy (non-hydrogen) atoms. The van der Waals surface area contributed by atoms with Crippen molar-refractivity contribution in [3.05, 3.63) is 89.5 Å². The van der Waals surface area contributed by atoms with Crippen LogP contribution in [-0.4, -0.2) is 54.9 Å². The number of likely N-dealkylation sites (N-methyl/N-ethyl adjacent to an activating group) is 2. The van der Waals surface area contributed by atoms with Gasteiger partial charge in [-0.15, -0.1) is 0 Å². The average molecular weight is 537 g/mol. The Morgan fingerprint density at radius 3 is 1.95 bits per heavy atom. The Hall–Kier alpha value is -4.80. The lowest BCUT2D eigenvalue weighted by Crippen LogP contribution is -2.58. The summed E-state index contributed by atoms with van der Waals surface area (Å²) in [5, 5.41) is 14.6. The monoisotopic (exact) mass is 536 g/mol. The average Bonchev–Trinajstić information content (AvgIpc) is 2.95. The van der Waals surface area contributed by atoms with E-state index in [2.05, 4.69) is 10.6 Å². The van der Waals surface area contributed by atoms with Crippen molar-refractivity contribution in [1.29, 1.82) is 0 Å². The number of anilines is 2. The third-order valence-corrected chi connectivity index (χ3v) is 6.36. The zero-order chi connectivity index (χ0) is 28.3. The molecule has 4 rings (SSSR count). The molecule has 3 N–H and O–H groups in total. The number of phenols is 1. The van der Waals surface area contributed by atoms with Gasteiger partial charge >= 0.3 is 0 Å². The molecule has 1 heterocycles. The predicted octanol–water partition coefficient (Wildman–Crippen LogP) is 2.06. The van der Waals surface area contributed by atoms with E-state index in [-0.39, 0.29) is 17.7 Å². The number of nitrogens with one attached hydrogen (secondary N) is 2. The first-order chi connectivity index (χ1) is 18.5. The van der Waals surface area contributed by atoms with Crippen molar-refractivity contribution in [2.45, 2.75) is 24.9 Å². The Kier molecular flexibility index (Phi) is 7.89. The van der Waals surface area contributed by atoms with Gasteiger partial charge in [-0.1, -0.05) is 24.3 Å². The molecule has 3 aromatic rings. The quantitative estimate of drug-likeness (QED) is 0.400. The maximum Gasteiger partial charge on any atom is 0.259 e. The summed E-state index contributed by atoms with van der Waals surface area (Å²) < 4.78 is 27.2. The predicted molar refractivity (Wildman–Crippen MR) is 139 cm³/mol. The molecule has 202 valence electrons. The SMILES string of the molecule is CN1C(=O)C(NC(=O)[C@H](Cc2ccc(O)cc2)NC(=O)Cc2cc(F)cc(F)c2)C(=O)N(C)c2ccccc21. The highest BCUT2D eigenvalue weighted by Crippen LogP contribution is 2.31. The molecule has 11 heteroatoms. The van der Waals surface area contributed by atoms with Crippen molar-refractivity contribution in [1.82, 2.24) is 10.6 Å². The molecule has 0 saturated carbocycles. The van der Waals surface area contributed by atoms with Gasteiger partial charge in [0.25, 0.3) is 11.8 Å². The number of halogens is 2. The van der Waals surface area contributed by atoms with Crippen molar-refractivity contribution < 1.29 is 33.1 Å². The number of hydrogen-bond donors (Lipinski definition) is 3. The molecule has 1 aliphatic rings. The fraction of sp³-hybridized carbons (Fsp3) is 0.214. The second-order valence-corrected chi connectivity index (χ2v) is 9.17. The first kappa shape index (κ1) is 27.2. The van der Waals surface area contributed by atoms with Crippen molar-refractivity contribution in [2.24, 2.45) is 0 Å². The van der Waals surface area contributed by atoms with E-state index in [4.69, 9.17) is 0 Å². The fourth-order valence-electron chi connectivity index (χ4n) is 4.35. The molecule has 3 aromatic carbocycles. The van der Waals surface area contributed by atoms with Crippen molar-refractivity contribution in [3.63, 3.8) is 0 Å². The van der Waals surface area contributed by atoms with Crippen LogP contribution in [0.3, 0.4) is 0 Å². The highest BCUT2D eigenvalue weighted by Gasteiger charge is 2.39. The van der Waals surface area contributed by atoms with E-state index in [1.165, 1.54) is 36.0 Å². The second kappa shape index (κ2) is 11.3. The topological polar surface area (TPSA) is 119 Å². The second-order valence-electron chi connectivity index (χ2n) is 9.17. The highest BCUT2D eigenvalue weighted by molar-refractivity contribution is 6.21. The van der Waals surface area contributed by atoms with Crippen LogP contribution in [0.2, 0.25) is 0 Å². The number of hydrogen-bond acceptors (Lipinski definition) is 5. The van der Waals surface area contributed by atoms with Crippen LogP contribution in [0.25, 0.3) is 0 Å². The van der Waals surface area contributed by atoms with E-state index in [9.17, 15) is 33.1 Å². The summed E-state index contributed by atoms with van der Waals surface area (Å²) in [4.78, 5) is 55.2. The van der Waals surface area contributed by atoms with Gasteiger partial charge in [-0.3, -0.25) is 19.2 Å². The van der Waals surface area contributed by atoms with Crippen LogP contribution in [-0.2, 0) is 32.0 Å². The van der Waals surface area contributed by atoms with Crippen molar-refractivity contribution in [2.75, 3.05) is 23.9 Å². The minimum Gasteiger partial charge on any atom is -0.508 e. The summed E-state index contributed by atoms with van der Waals surface area (Å²) in [5.41, 5.74) is 1.58. The van der Waals surface area contributed by atoms with Gasteiger partial charge in [0.2, 0.25) is 11.8 Å². The van der Waals surface area contributed by atoms with Crippen LogP contribution in [0, 0.1) is 11.6 Å². The fourth-order valence-corrected chi connectivity index (χ4v) is 4.35. The first-order valence-electron chi connectivity index (χ1n) is 12.0. The largest absolute Gasteiger partial charge is 0.508 e. The van der Waals surface area contributed by atoms with E-state index in [1.54, 1.807) is 36.4 Å². The number of carbonyl (C=O) groups is 4. The molecule has 0 saturated heterocycles. The molecule has 1 atom stereocenters. The molecule has 4 amide bonds. The van der Waals surface area contributed by atoms with Gasteiger partial charge in [0.15, 0.2) is 6.04 Å². The summed E-state index contributed by atoms with van der Waals surface area (Å²) in [5.74, 6) is -4.57. The van der Waals surface area contributed by atoms with Crippen molar-refractivity contribution in [3.8, 4) is 5.75 Å². The number of phenolic OH excluding ortho intramolecular Hbond substituents is 1. The lowest BCUT2D eigenvalue weighted by Gasteiger charge is -2.24. The van der Waals surface area contributed by atoms with Crippen LogP contribution in [0.1, 0.15) is 11.1 Å². The van der Waals surface area contributed by atoms with Crippen LogP contribution in [0.15, 0.2) is 66.7 Å². The summed E-state index contributed by atoms with van der Waals surface area (Å²) in [6.07, 6.45) is -0.480. The van der Waals surface area contributed by atoms with Crippen LogP contribution in [0.4, 0.5) is 20.2 Å². The zero-order valence-electron chi connectivity index (χ0n) is 21.2. The number of rotatable bonds is 7. The Morgan fingerprint density at radius 2 is 1.41 bits per heavy atom. The Labute approximate surface area is 223 Å². The lowest BCUT2D eigenvalue weighted by atomic mass is 10.0. The van der Waals surface area contributed by atoms with Gasteiger partial charge in [-0.25, -0.2) is 8.78 Å². The van der Waals surface area contributed by atoms with Gasteiger partial charge in [-0.2, -0.15) is 0 Å². The maximum absolute atomic E-state index is 13.6. The number of fused-ring (bicyclic) bond motifs is 1. The minimum atomic E-state index is -1.57. The van der Waals surface area contributed by atoms with Crippen LogP contribution >= 0.6 is 0 Å². The van der Waals surface area contributed by atoms with E-state index < -0.39 is 53.8 Å². The molecule has 1 aliphatic heterocycles. The summed E-state index contributed by atoms with van der Waals surface area (Å²) in [6.45, 7) is 0. The molecule has 0 aromatic heterocycles. The van der Waals surface area contributed by atoms with Gasteiger partial charge in [0.1, 0.15) is 23.4 Å². The Morgan fingerprint density at radius 1 is 0.872 bits per heavy atom. The molecule has 0 aliphatic carbocycles. The van der Waals surface area contributed by atoms with Crippen molar-refractivity contribution >= 4 is 35.0 Å². The zero-order valence-corrected chi connectivity index (χ0v) is 21.2. The summed E-state index contributed by atoms with van der Waals surface area (Å²) in [7, 11) is 2.97. The number of amides is 4. The maximum atomic E-state index is 13.6. The van der Waals surface area contributed by atoms with Crippen LogP contribution < -0.4 is 20.4 Å². The first-order valence-corrected chi connectivity index (χ1v) is 12.0. The molecule has 0 spiro atoms. The van der Waals surface area contributed by atoms with E-state index in [0.29, 0.717) is 23.0 Å². The molecule has 0 bridgehead atoms. The summed E-state index contributed by atoms with van der Waals surface area (Å²) in [6, 6.07) is 12.5. The van der Waals surface area contributed by atoms with Gasteiger partial charge in [0, 0.05) is 26.6 Å². The Balaban J connectivity index is 1.57. The normalized spacial score (nSPS) is 14.5. The molecular formula is C28H26F2N4O5. The van der Waals surface area contributed by atoms with Gasteiger partial charge < -0.3 is 25.5 Å². The number of para-hydroxylation sites is 2. The molecule has 9 nitrogen and oxygen atoms in total. The molecular weight excluding hydrogens is 510 g/mol.